The van der Waals surface area contributed by atoms with Crippen LogP contribution in [0.4, 0.5) is 0 Å². The molecule has 0 aliphatic heterocycles. The van der Waals surface area contributed by atoms with E-state index in [2.05, 4.69) is 12.2 Å². The average molecular weight is 305 g/mol. The molecule has 5 unspecified atom stereocenters. The van der Waals surface area contributed by atoms with Crippen molar-refractivity contribution in [1.29, 1.82) is 0 Å². The lowest BCUT2D eigenvalue weighted by Gasteiger charge is -2.27. The number of ether oxygens (including phenoxy) is 1. The van der Waals surface area contributed by atoms with Crippen molar-refractivity contribution >= 4 is 10.8 Å². The van der Waals surface area contributed by atoms with E-state index < -0.39 is 16.9 Å². The second-order valence-electron chi connectivity index (χ2n) is 6.18. The van der Waals surface area contributed by atoms with E-state index in [1.54, 1.807) is 6.26 Å². The zero-order chi connectivity index (χ0) is 15.0. The Labute approximate surface area is 126 Å². The van der Waals surface area contributed by atoms with Crippen LogP contribution in [0.5, 0.6) is 0 Å². The Hall–Kier alpha value is 0.0300. The van der Waals surface area contributed by atoms with Gasteiger partial charge < -0.3 is 15.2 Å². The van der Waals surface area contributed by atoms with E-state index in [4.69, 9.17) is 4.74 Å². The first-order valence-corrected chi connectivity index (χ1v) is 9.43. The number of hydrogen-bond donors (Lipinski definition) is 2. The molecular formula is C15H31NO3S. The molecule has 0 aromatic carbocycles. The molecule has 1 rings (SSSR count). The Morgan fingerprint density at radius 2 is 2.20 bits per heavy atom. The van der Waals surface area contributed by atoms with Gasteiger partial charge in [-0.3, -0.25) is 4.21 Å². The normalized spacial score (nSPS) is 28.0. The van der Waals surface area contributed by atoms with Crippen molar-refractivity contribution in [1.82, 2.24) is 5.32 Å². The SMILES string of the molecule is CC1CCCC(OCC(O)CNCCC(C)S(C)=O)C1. The molecule has 5 heteroatoms. The smallest absolute Gasteiger partial charge is 0.0897 e. The fraction of sp³-hybridized carbons (Fsp3) is 1.00. The van der Waals surface area contributed by atoms with Crippen LogP contribution >= 0.6 is 0 Å². The summed E-state index contributed by atoms with van der Waals surface area (Å²) in [7, 11) is -0.762. The maximum Gasteiger partial charge on any atom is 0.0897 e. The highest BCUT2D eigenvalue weighted by atomic mass is 32.2. The quantitative estimate of drug-likeness (QED) is 0.637. The predicted octanol–water partition coefficient (Wildman–Crippen LogP) is 1.69. The number of hydrogen-bond acceptors (Lipinski definition) is 4. The summed E-state index contributed by atoms with van der Waals surface area (Å²) in [5, 5.41) is 13.3. The fourth-order valence-electron chi connectivity index (χ4n) is 2.58. The second kappa shape index (κ2) is 9.87. The van der Waals surface area contributed by atoms with Crippen LogP contribution in [-0.4, -0.2) is 52.7 Å². The molecule has 1 saturated carbocycles. The van der Waals surface area contributed by atoms with Crippen LogP contribution < -0.4 is 5.32 Å². The van der Waals surface area contributed by atoms with Gasteiger partial charge in [0.1, 0.15) is 0 Å². The Morgan fingerprint density at radius 1 is 1.45 bits per heavy atom. The molecule has 1 aliphatic rings. The summed E-state index contributed by atoms with van der Waals surface area (Å²) < 4.78 is 17.0. The van der Waals surface area contributed by atoms with Gasteiger partial charge in [0.05, 0.1) is 18.8 Å². The molecular weight excluding hydrogens is 274 g/mol. The Balaban J connectivity index is 2.02. The summed E-state index contributed by atoms with van der Waals surface area (Å²) >= 11 is 0. The Kier molecular flexibility index (Phi) is 8.93. The van der Waals surface area contributed by atoms with E-state index in [0.717, 1.165) is 31.7 Å². The van der Waals surface area contributed by atoms with Crippen LogP contribution in [0.2, 0.25) is 0 Å². The summed E-state index contributed by atoms with van der Waals surface area (Å²) in [6.45, 7) is 6.01. The van der Waals surface area contributed by atoms with Crippen molar-refractivity contribution in [3.05, 3.63) is 0 Å². The molecule has 0 saturated heterocycles. The third-order valence-corrected chi connectivity index (χ3v) is 5.46. The van der Waals surface area contributed by atoms with Gasteiger partial charge >= 0.3 is 0 Å². The van der Waals surface area contributed by atoms with E-state index in [1.165, 1.54) is 12.8 Å². The summed E-state index contributed by atoms with van der Waals surface area (Å²) in [6.07, 6.45) is 7.29. The zero-order valence-corrected chi connectivity index (χ0v) is 14.0. The summed E-state index contributed by atoms with van der Waals surface area (Å²) in [6, 6.07) is 0. The minimum atomic E-state index is -0.762. The van der Waals surface area contributed by atoms with Crippen molar-refractivity contribution in [2.75, 3.05) is 26.0 Å². The molecule has 4 nitrogen and oxygen atoms in total. The molecule has 0 radical (unpaired) electrons. The maximum absolute atomic E-state index is 11.2. The molecule has 0 aromatic heterocycles. The lowest BCUT2D eigenvalue weighted by atomic mass is 9.89. The van der Waals surface area contributed by atoms with Gasteiger partial charge in [-0.1, -0.05) is 26.7 Å². The van der Waals surface area contributed by atoms with E-state index in [0.29, 0.717) is 19.3 Å². The summed E-state index contributed by atoms with van der Waals surface area (Å²) in [5.41, 5.74) is 0. The second-order valence-corrected chi connectivity index (χ2v) is 7.98. The van der Waals surface area contributed by atoms with Crippen molar-refractivity contribution < 1.29 is 14.1 Å². The highest BCUT2D eigenvalue weighted by molar-refractivity contribution is 7.84. The maximum atomic E-state index is 11.2. The topological polar surface area (TPSA) is 58.6 Å². The molecule has 0 aromatic rings. The minimum Gasteiger partial charge on any atom is -0.389 e. The van der Waals surface area contributed by atoms with Gasteiger partial charge in [0.15, 0.2) is 0 Å². The summed E-state index contributed by atoms with van der Waals surface area (Å²) in [4.78, 5) is 0. The van der Waals surface area contributed by atoms with Gasteiger partial charge in [-0.2, -0.15) is 0 Å². The largest absolute Gasteiger partial charge is 0.389 e. The first kappa shape index (κ1) is 18.1. The lowest BCUT2D eigenvalue weighted by Crippen LogP contribution is -2.34. The number of aliphatic hydroxyl groups is 1. The third kappa shape index (κ3) is 7.72. The van der Waals surface area contributed by atoms with Crippen LogP contribution in [0.15, 0.2) is 0 Å². The van der Waals surface area contributed by atoms with Gasteiger partial charge in [-0.05, 0) is 31.7 Å². The van der Waals surface area contributed by atoms with E-state index in [1.807, 2.05) is 6.92 Å². The first-order chi connectivity index (χ1) is 9.49. The van der Waals surface area contributed by atoms with Gasteiger partial charge in [0.2, 0.25) is 0 Å². The van der Waals surface area contributed by atoms with Gasteiger partial charge in [0, 0.05) is 28.9 Å². The molecule has 0 heterocycles. The zero-order valence-electron chi connectivity index (χ0n) is 13.1. The van der Waals surface area contributed by atoms with Crippen LogP contribution in [0.3, 0.4) is 0 Å². The molecule has 0 bridgehead atoms. The minimum absolute atomic E-state index is 0.208. The number of nitrogens with one attached hydrogen (secondary N) is 1. The lowest BCUT2D eigenvalue weighted by molar-refractivity contribution is -0.0305. The van der Waals surface area contributed by atoms with Gasteiger partial charge in [0.25, 0.3) is 0 Å². The first-order valence-electron chi connectivity index (χ1n) is 7.81. The third-order valence-electron chi connectivity index (χ3n) is 4.09. The molecule has 2 N–H and O–H groups in total. The highest BCUT2D eigenvalue weighted by Gasteiger charge is 2.20. The monoisotopic (exact) mass is 305 g/mol. The van der Waals surface area contributed by atoms with E-state index in [-0.39, 0.29) is 5.25 Å². The molecule has 1 fully saturated rings. The van der Waals surface area contributed by atoms with Crippen molar-refractivity contribution in [3.63, 3.8) is 0 Å². The van der Waals surface area contributed by atoms with Crippen molar-refractivity contribution in [3.8, 4) is 0 Å². The van der Waals surface area contributed by atoms with Crippen LogP contribution in [0.25, 0.3) is 0 Å². The van der Waals surface area contributed by atoms with Crippen LogP contribution in [-0.2, 0) is 15.5 Å². The summed E-state index contributed by atoms with van der Waals surface area (Å²) in [5.74, 6) is 0.750. The molecule has 1 aliphatic carbocycles. The van der Waals surface area contributed by atoms with Crippen molar-refractivity contribution in [2.24, 2.45) is 5.92 Å². The van der Waals surface area contributed by atoms with Gasteiger partial charge in [-0.25, -0.2) is 0 Å². The number of aliphatic hydroxyl groups excluding tert-OH is 1. The van der Waals surface area contributed by atoms with Gasteiger partial charge in [-0.15, -0.1) is 0 Å². The van der Waals surface area contributed by atoms with Crippen LogP contribution in [0, 0.1) is 5.92 Å². The fourth-order valence-corrected chi connectivity index (χ4v) is 3.03. The Bertz CT molecular complexity index is 288. The standard InChI is InChI=1S/C15H31NO3S/c1-12-5-4-6-15(9-12)19-11-14(17)10-16-8-7-13(2)20(3)18/h12-17H,4-11H2,1-3H3. The molecule has 0 spiro atoms. The number of rotatable bonds is 9. The Morgan fingerprint density at radius 3 is 2.85 bits per heavy atom. The van der Waals surface area contributed by atoms with E-state index >= 15 is 0 Å². The predicted molar refractivity (Wildman–Crippen MR) is 84.4 cm³/mol. The molecule has 120 valence electrons. The average Bonchev–Trinajstić information content (AvgIpc) is 2.41. The van der Waals surface area contributed by atoms with Crippen LogP contribution in [0.1, 0.15) is 46.0 Å². The molecule has 5 atom stereocenters. The van der Waals surface area contributed by atoms with E-state index in [9.17, 15) is 9.32 Å². The molecule has 20 heavy (non-hydrogen) atoms. The molecule has 0 amide bonds. The highest BCUT2D eigenvalue weighted by Crippen LogP contribution is 2.25. The van der Waals surface area contributed by atoms with Crippen molar-refractivity contribution in [2.45, 2.75) is 63.4 Å².